The smallest absolute Gasteiger partial charge is 0.0528 e. The number of aromatic nitrogens is 2. The average molecular weight is 252 g/mol. The third-order valence-electron chi connectivity index (χ3n) is 3.25. The van der Waals surface area contributed by atoms with Gasteiger partial charge in [-0.05, 0) is 51.0 Å². The van der Waals surface area contributed by atoms with Gasteiger partial charge in [-0.3, -0.25) is 4.68 Å². The Bertz CT molecular complexity index is 607. The molecular formula is C17H20N2. The molecule has 0 amide bonds. The summed E-state index contributed by atoms with van der Waals surface area (Å²) in [4.78, 5) is 0. The highest BCUT2D eigenvalue weighted by molar-refractivity contribution is 5.37. The fourth-order valence-electron chi connectivity index (χ4n) is 2.22. The van der Waals surface area contributed by atoms with Crippen LogP contribution in [0, 0.1) is 18.8 Å². The van der Waals surface area contributed by atoms with Crippen LogP contribution in [0.4, 0.5) is 0 Å². The van der Waals surface area contributed by atoms with Crippen molar-refractivity contribution >= 4 is 0 Å². The molecule has 0 unspecified atom stereocenters. The molecule has 98 valence electrons. The quantitative estimate of drug-likeness (QED) is 0.761. The number of rotatable bonds is 3. The Morgan fingerprint density at radius 3 is 2.42 bits per heavy atom. The molecule has 2 rings (SSSR count). The van der Waals surface area contributed by atoms with Crippen LogP contribution in [0.1, 0.15) is 49.2 Å². The first-order chi connectivity index (χ1) is 9.11. The maximum absolute atomic E-state index is 4.45. The molecular weight excluding hydrogens is 232 g/mol. The van der Waals surface area contributed by atoms with Crippen LogP contribution in [0.3, 0.4) is 0 Å². The van der Waals surface area contributed by atoms with Crippen LogP contribution in [0.15, 0.2) is 30.5 Å². The van der Waals surface area contributed by atoms with Gasteiger partial charge >= 0.3 is 0 Å². The lowest BCUT2D eigenvalue weighted by atomic mass is 10.0. The van der Waals surface area contributed by atoms with Crippen molar-refractivity contribution in [1.29, 1.82) is 0 Å². The summed E-state index contributed by atoms with van der Waals surface area (Å²) in [6.07, 6.45) is 2.91. The first-order valence-electron chi connectivity index (χ1n) is 6.66. The van der Waals surface area contributed by atoms with Crippen molar-refractivity contribution in [2.24, 2.45) is 0 Å². The second kappa shape index (κ2) is 5.75. The normalized spacial score (nSPS) is 10.4. The van der Waals surface area contributed by atoms with E-state index >= 15 is 0 Å². The molecule has 0 aliphatic carbocycles. The van der Waals surface area contributed by atoms with Crippen molar-refractivity contribution in [2.45, 2.75) is 40.2 Å². The van der Waals surface area contributed by atoms with Crippen molar-refractivity contribution in [1.82, 2.24) is 9.78 Å². The van der Waals surface area contributed by atoms with Crippen LogP contribution in [-0.4, -0.2) is 9.78 Å². The van der Waals surface area contributed by atoms with Gasteiger partial charge in [0.1, 0.15) is 0 Å². The van der Waals surface area contributed by atoms with Crippen LogP contribution in [0.2, 0.25) is 0 Å². The second-order valence-corrected chi connectivity index (χ2v) is 5.04. The lowest BCUT2D eigenvalue weighted by Gasteiger charge is -2.09. The molecule has 0 atom stereocenters. The van der Waals surface area contributed by atoms with Gasteiger partial charge in [0.05, 0.1) is 6.20 Å². The first-order valence-corrected chi connectivity index (χ1v) is 6.66. The summed E-state index contributed by atoms with van der Waals surface area (Å²) < 4.78 is 2.08. The maximum Gasteiger partial charge on any atom is 0.0528 e. The third-order valence-corrected chi connectivity index (χ3v) is 3.25. The van der Waals surface area contributed by atoms with Crippen molar-refractivity contribution in [3.63, 3.8) is 0 Å². The van der Waals surface area contributed by atoms with E-state index in [4.69, 9.17) is 0 Å². The van der Waals surface area contributed by atoms with E-state index in [2.05, 4.69) is 66.7 Å². The van der Waals surface area contributed by atoms with E-state index in [9.17, 15) is 0 Å². The zero-order chi connectivity index (χ0) is 13.8. The zero-order valence-corrected chi connectivity index (χ0v) is 12.1. The van der Waals surface area contributed by atoms with E-state index in [1.807, 2.05) is 13.1 Å². The van der Waals surface area contributed by atoms with Gasteiger partial charge in [-0.15, -0.1) is 5.92 Å². The highest BCUT2D eigenvalue weighted by Crippen LogP contribution is 2.17. The molecule has 0 saturated heterocycles. The van der Waals surface area contributed by atoms with E-state index in [0.717, 1.165) is 12.0 Å². The van der Waals surface area contributed by atoms with Crippen molar-refractivity contribution < 1.29 is 0 Å². The largest absolute Gasteiger partial charge is 0.267 e. The molecule has 1 aromatic carbocycles. The Morgan fingerprint density at radius 2 is 1.89 bits per heavy atom. The maximum atomic E-state index is 4.45. The van der Waals surface area contributed by atoms with E-state index in [-0.39, 0.29) is 0 Å². The number of benzene rings is 1. The summed E-state index contributed by atoms with van der Waals surface area (Å²) in [5, 5.41) is 4.45. The Hall–Kier alpha value is -2.01. The van der Waals surface area contributed by atoms with E-state index in [1.165, 1.54) is 16.8 Å². The van der Waals surface area contributed by atoms with Gasteiger partial charge < -0.3 is 0 Å². The Balaban J connectivity index is 2.18. The molecule has 19 heavy (non-hydrogen) atoms. The Kier molecular flexibility index (Phi) is 4.06. The molecule has 0 saturated carbocycles. The topological polar surface area (TPSA) is 17.8 Å². The first kappa shape index (κ1) is 13.4. The predicted octanol–water partition coefficient (Wildman–Crippen LogP) is 3.73. The fraction of sp³-hybridized carbons (Fsp3) is 0.353. The van der Waals surface area contributed by atoms with Gasteiger partial charge in [-0.1, -0.05) is 18.1 Å². The summed E-state index contributed by atoms with van der Waals surface area (Å²) in [5.41, 5.74) is 4.92. The predicted molar refractivity (Wildman–Crippen MR) is 79.1 cm³/mol. The molecule has 0 fully saturated rings. The highest BCUT2D eigenvalue weighted by atomic mass is 15.3. The van der Waals surface area contributed by atoms with Crippen LogP contribution >= 0.6 is 0 Å². The summed E-state index contributed by atoms with van der Waals surface area (Å²) >= 11 is 0. The molecule has 2 heteroatoms. The molecule has 2 nitrogen and oxygen atoms in total. The number of hydrogen-bond acceptors (Lipinski definition) is 1. The molecule has 0 aliphatic heterocycles. The molecule has 0 N–H and O–H groups in total. The minimum atomic E-state index is 0.413. The van der Waals surface area contributed by atoms with Gasteiger partial charge in [-0.25, -0.2) is 0 Å². The molecule has 1 aromatic heterocycles. The second-order valence-electron chi connectivity index (χ2n) is 5.04. The van der Waals surface area contributed by atoms with Crippen LogP contribution in [-0.2, 0) is 6.42 Å². The summed E-state index contributed by atoms with van der Waals surface area (Å²) in [7, 11) is 0. The molecule has 0 bridgehead atoms. The monoisotopic (exact) mass is 252 g/mol. The standard InChI is InChI=1S/C17H20N2/c1-5-6-15-7-9-16(10-8-15)11-17-12-18-19(13(2)3)14(17)4/h7-10,12-13H,11H2,1-4H3. The fourth-order valence-corrected chi connectivity index (χ4v) is 2.22. The minimum absolute atomic E-state index is 0.413. The van der Waals surface area contributed by atoms with Crippen LogP contribution in [0.25, 0.3) is 0 Å². The van der Waals surface area contributed by atoms with Gasteiger partial charge in [0.15, 0.2) is 0 Å². The SMILES string of the molecule is CC#Cc1ccc(Cc2cnn(C(C)C)c2C)cc1. The molecule has 0 spiro atoms. The van der Waals surface area contributed by atoms with Crippen LogP contribution < -0.4 is 0 Å². The van der Waals surface area contributed by atoms with Crippen LogP contribution in [0.5, 0.6) is 0 Å². The van der Waals surface area contributed by atoms with Gasteiger partial charge in [0, 0.05) is 23.7 Å². The number of hydrogen-bond donors (Lipinski definition) is 0. The summed E-state index contributed by atoms with van der Waals surface area (Å²) in [6.45, 7) is 8.31. The lowest BCUT2D eigenvalue weighted by Crippen LogP contribution is -2.05. The Labute approximate surface area is 115 Å². The highest BCUT2D eigenvalue weighted by Gasteiger charge is 2.09. The van der Waals surface area contributed by atoms with Gasteiger partial charge in [0.2, 0.25) is 0 Å². The minimum Gasteiger partial charge on any atom is -0.267 e. The van der Waals surface area contributed by atoms with Crippen molar-refractivity contribution in [3.8, 4) is 11.8 Å². The lowest BCUT2D eigenvalue weighted by molar-refractivity contribution is 0.518. The van der Waals surface area contributed by atoms with E-state index < -0.39 is 0 Å². The molecule has 2 aromatic rings. The zero-order valence-electron chi connectivity index (χ0n) is 12.1. The average Bonchev–Trinajstić information content (AvgIpc) is 2.74. The van der Waals surface area contributed by atoms with Gasteiger partial charge in [-0.2, -0.15) is 5.10 Å². The van der Waals surface area contributed by atoms with Crippen molar-refractivity contribution in [2.75, 3.05) is 0 Å². The molecule has 0 aliphatic rings. The molecule has 0 radical (unpaired) electrons. The van der Waals surface area contributed by atoms with Gasteiger partial charge in [0.25, 0.3) is 0 Å². The Morgan fingerprint density at radius 1 is 1.21 bits per heavy atom. The molecule has 1 heterocycles. The van der Waals surface area contributed by atoms with E-state index in [1.54, 1.807) is 0 Å². The van der Waals surface area contributed by atoms with Crippen molar-refractivity contribution in [3.05, 3.63) is 52.8 Å². The van der Waals surface area contributed by atoms with E-state index in [0.29, 0.717) is 6.04 Å². The third kappa shape index (κ3) is 3.06. The summed E-state index contributed by atoms with van der Waals surface area (Å²) in [6, 6.07) is 8.86. The summed E-state index contributed by atoms with van der Waals surface area (Å²) in [5.74, 6) is 5.98. The number of nitrogens with zero attached hydrogens (tertiary/aromatic N) is 2.